The van der Waals surface area contributed by atoms with Crippen LogP contribution in [0.5, 0.6) is 0 Å². The van der Waals surface area contributed by atoms with Crippen molar-refractivity contribution < 1.29 is 46.3 Å². The van der Waals surface area contributed by atoms with E-state index >= 15 is 0 Å². The summed E-state index contributed by atoms with van der Waals surface area (Å²) >= 11 is 1.65. The normalized spacial score (nSPS) is 19.8. The fraction of sp³-hybridized carbons (Fsp3) is 0.458. The zero-order valence-corrected chi connectivity index (χ0v) is 38.8. The molecule has 6 rings (SSSR count). The summed E-state index contributed by atoms with van der Waals surface area (Å²) in [6.07, 6.45) is 14.3. The molecule has 3 heterocycles. The zero-order valence-electron chi connectivity index (χ0n) is 37.2. The van der Waals surface area contributed by atoms with E-state index in [1.54, 1.807) is 11.3 Å². The summed E-state index contributed by atoms with van der Waals surface area (Å²) in [6, 6.07) is 16.6. The molecule has 0 bridgehead atoms. The highest BCUT2D eigenvalue weighted by Crippen LogP contribution is 2.48. The number of rotatable bonds is 20. The van der Waals surface area contributed by atoms with Gasteiger partial charge in [-0.3, -0.25) is 23.7 Å². The second-order valence-electron chi connectivity index (χ2n) is 17.1. The monoisotopic (exact) mass is 914 g/mol. The van der Waals surface area contributed by atoms with Crippen LogP contribution in [0.25, 0.3) is 16.3 Å². The molecule has 0 spiro atoms. The molecular weight excluding hydrogens is 855 g/mol. The van der Waals surface area contributed by atoms with Gasteiger partial charge in [0, 0.05) is 74.3 Å². The van der Waals surface area contributed by atoms with E-state index in [2.05, 4.69) is 78.1 Å². The van der Waals surface area contributed by atoms with Crippen LogP contribution >= 0.6 is 11.3 Å². The molecule has 342 valence electrons. The van der Waals surface area contributed by atoms with Crippen molar-refractivity contribution in [2.75, 3.05) is 30.3 Å². The van der Waals surface area contributed by atoms with E-state index in [0.717, 1.165) is 70.1 Å². The minimum Gasteiger partial charge on any atom is -0.355 e. The number of carbonyl (C=O) groups is 5. The third-order valence-electron chi connectivity index (χ3n) is 12.0. The maximum Gasteiger partial charge on any atom is 0.333 e. The van der Waals surface area contributed by atoms with E-state index < -0.39 is 57.4 Å². The highest BCUT2D eigenvalue weighted by atomic mass is 32.2. The Labute approximate surface area is 379 Å². The minimum atomic E-state index is -4.41. The summed E-state index contributed by atoms with van der Waals surface area (Å²) in [5, 5.41) is 7.15. The van der Waals surface area contributed by atoms with E-state index in [4.69, 9.17) is 4.84 Å². The Balaban J connectivity index is 1.31. The Hall–Kier alpha value is -5.45. The Bertz CT molecular complexity index is 2490. The van der Waals surface area contributed by atoms with Crippen LogP contribution in [0.1, 0.15) is 109 Å². The summed E-state index contributed by atoms with van der Waals surface area (Å²) in [6.45, 7) is 10.1. The van der Waals surface area contributed by atoms with Crippen LogP contribution in [0, 0.1) is 5.41 Å². The molecule has 0 saturated carbocycles. The highest BCUT2D eigenvalue weighted by molar-refractivity contribution is 7.85. The van der Waals surface area contributed by atoms with Crippen LogP contribution < -0.4 is 20.1 Å². The molecule has 2 aromatic carbocycles. The van der Waals surface area contributed by atoms with Gasteiger partial charge in [0.05, 0.1) is 5.75 Å². The minimum absolute atomic E-state index is 0.00395. The number of hydrogen-bond donors (Lipinski definition) is 3. The average molecular weight is 915 g/mol. The summed E-state index contributed by atoms with van der Waals surface area (Å²) in [5.41, 5.74) is 3.98. The molecule has 1 aliphatic carbocycles. The molecule has 14 nitrogen and oxygen atoms in total. The van der Waals surface area contributed by atoms with Crippen LogP contribution in [-0.2, 0) is 50.9 Å². The molecule has 1 fully saturated rings. The van der Waals surface area contributed by atoms with E-state index in [1.165, 1.54) is 5.56 Å². The number of aryl methyl sites for hydroxylation is 1. The lowest BCUT2D eigenvalue weighted by atomic mass is 9.70. The number of allylic oxidation sites excluding steroid dienone is 7. The van der Waals surface area contributed by atoms with Crippen LogP contribution in [0.4, 0.5) is 5.69 Å². The SMILES string of the molecule is CCCCN1C(=CC=C2C=C(C=Cc3sc4ccccc4[n+]3CCC)CC(C(=O)NCCCCCC(=O)ON3C(=O)CCC3=O)(C(=O)NCCS(=O)(=O)O)C2)C(C)(C)c2ccccc21. The maximum atomic E-state index is 14.6. The van der Waals surface area contributed by atoms with Crippen LogP contribution in [-0.4, -0.2) is 73.0 Å². The number of nitrogens with zero attached hydrogens (tertiary/aromatic N) is 3. The van der Waals surface area contributed by atoms with Crippen molar-refractivity contribution in [3.8, 4) is 0 Å². The lowest BCUT2D eigenvalue weighted by Crippen LogP contribution is -2.53. The van der Waals surface area contributed by atoms with Gasteiger partial charge in [-0.25, -0.2) is 4.79 Å². The number of amides is 4. The standard InChI is InChI=1S/C48H59N5O9S2/c1-5-7-29-51-37-16-11-10-15-36(37)47(3,4)40(51)22-20-34-31-35(21-25-43-52(28-6-2)38-17-12-13-18-39(38)63-43)33-48(32-34,46(58)50-27-30-64(59,60)61)45(57)49-26-14-8-9-19-44(56)62-53-41(54)23-24-42(53)55/h10-13,15-18,20-22,25,31H,5-9,14,19,23-24,26-30,32-33H2,1-4H3,(H2-,49,50,57,58,59,60,61)/p+1. The lowest BCUT2D eigenvalue weighted by Gasteiger charge is -2.35. The number of carbonyl (C=O) groups excluding carboxylic acids is 5. The van der Waals surface area contributed by atoms with Crippen molar-refractivity contribution in [2.24, 2.45) is 5.41 Å². The quantitative estimate of drug-likeness (QED) is 0.0350. The first kappa shape index (κ1) is 48.0. The number of imide groups is 1. The Morgan fingerprint density at radius 2 is 1.58 bits per heavy atom. The predicted molar refractivity (Wildman–Crippen MR) is 247 cm³/mol. The molecule has 3 aliphatic rings. The number of fused-ring (bicyclic) bond motifs is 2. The molecular formula is C48H60N5O9S2+. The van der Waals surface area contributed by atoms with Crippen molar-refractivity contribution in [3.05, 3.63) is 100 Å². The molecule has 1 atom stereocenters. The second kappa shape index (κ2) is 21.0. The van der Waals surface area contributed by atoms with E-state index in [1.807, 2.05) is 48.6 Å². The molecule has 3 aromatic rings. The van der Waals surface area contributed by atoms with E-state index in [9.17, 15) is 36.9 Å². The number of benzene rings is 2. The van der Waals surface area contributed by atoms with Gasteiger partial charge < -0.3 is 20.4 Å². The Kier molecular flexibility index (Phi) is 15.8. The average Bonchev–Trinajstić information content (AvgIpc) is 3.85. The van der Waals surface area contributed by atoms with Gasteiger partial charge in [-0.1, -0.05) is 100 Å². The van der Waals surface area contributed by atoms with Gasteiger partial charge in [-0.05, 0) is 67.0 Å². The first-order chi connectivity index (χ1) is 30.6. The number of anilines is 1. The molecule has 4 amide bonds. The predicted octanol–water partition coefficient (Wildman–Crippen LogP) is 7.01. The number of thiazole rings is 1. The molecule has 1 saturated heterocycles. The molecule has 2 aliphatic heterocycles. The smallest absolute Gasteiger partial charge is 0.333 e. The first-order valence-corrected chi connectivity index (χ1v) is 24.7. The number of para-hydroxylation sites is 2. The number of aromatic nitrogens is 1. The maximum absolute atomic E-state index is 14.6. The van der Waals surface area contributed by atoms with Gasteiger partial charge in [0.2, 0.25) is 17.3 Å². The lowest BCUT2D eigenvalue weighted by molar-refractivity contribution is -0.668. The van der Waals surface area contributed by atoms with Gasteiger partial charge in [-0.15, -0.1) is 5.06 Å². The molecule has 0 radical (unpaired) electrons. The Morgan fingerprint density at radius 1 is 0.875 bits per heavy atom. The Morgan fingerprint density at radius 3 is 2.30 bits per heavy atom. The van der Waals surface area contributed by atoms with Gasteiger partial charge in [0.25, 0.3) is 26.9 Å². The first-order valence-electron chi connectivity index (χ1n) is 22.2. The molecule has 1 unspecified atom stereocenters. The highest BCUT2D eigenvalue weighted by Gasteiger charge is 2.48. The molecule has 1 aromatic heterocycles. The van der Waals surface area contributed by atoms with Gasteiger partial charge in [-0.2, -0.15) is 13.0 Å². The van der Waals surface area contributed by atoms with Crippen LogP contribution in [0.3, 0.4) is 0 Å². The number of unbranched alkanes of at least 4 members (excludes halogenated alkanes) is 3. The van der Waals surface area contributed by atoms with Crippen LogP contribution in [0.2, 0.25) is 0 Å². The van der Waals surface area contributed by atoms with Crippen molar-refractivity contribution in [2.45, 2.75) is 110 Å². The summed E-state index contributed by atoms with van der Waals surface area (Å²) < 4.78 is 36.3. The van der Waals surface area contributed by atoms with Crippen molar-refractivity contribution in [1.29, 1.82) is 0 Å². The van der Waals surface area contributed by atoms with Crippen molar-refractivity contribution >= 4 is 73.0 Å². The number of hydroxylamine groups is 2. The number of nitrogens with one attached hydrogen (secondary N) is 2. The largest absolute Gasteiger partial charge is 0.355 e. The molecule has 16 heteroatoms. The van der Waals surface area contributed by atoms with E-state index in [0.29, 0.717) is 24.3 Å². The summed E-state index contributed by atoms with van der Waals surface area (Å²) in [4.78, 5) is 72.5. The van der Waals surface area contributed by atoms with Gasteiger partial charge in [0.15, 0.2) is 0 Å². The third-order valence-corrected chi connectivity index (χ3v) is 13.8. The number of hydrogen-bond acceptors (Lipinski definition) is 10. The fourth-order valence-corrected chi connectivity index (χ4v) is 10.1. The zero-order chi connectivity index (χ0) is 46.1. The third kappa shape index (κ3) is 11.2. The molecule has 64 heavy (non-hydrogen) atoms. The second-order valence-corrected chi connectivity index (χ2v) is 19.8. The fourth-order valence-electron chi connectivity index (χ4n) is 8.64. The van der Waals surface area contributed by atoms with Crippen LogP contribution in [0.15, 0.2) is 89.7 Å². The summed E-state index contributed by atoms with van der Waals surface area (Å²) in [5.74, 6) is -3.73. The molecule has 3 N–H and O–H groups in total. The van der Waals surface area contributed by atoms with Gasteiger partial charge in [0.1, 0.15) is 16.7 Å². The summed E-state index contributed by atoms with van der Waals surface area (Å²) in [7, 11) is -4.41. The van der Waals surface area contributed by atoms with Gasteiger partial charge >= 0.3 is 5.97 Å². The topological polar surface area (TPSA) is 183 Å². The van der Waals surface area contributed by atoms with Crippen molar-refractivity contribution in [3.63, 3.8) is 0 Å². The van der Waals surface area contributed by atoms with E-state index in [-0.39, 0.29) is 44.1 Å². The van der Waals surface area contributed by atoms with Crippen molar-refractivity contribution in [1.82, 2.24) is 15.7 Å².